The maximum atomic E-state index is 6.37. The van der Waals surface area contributed by atoms with Crippen LogP contribution in [0.15, 0.2) is 49.1 Å². The van der Waals surface area contributed by atoms with Crippen molar-refractivity contribution < 1.29 is 0 Å². The molecular weight excluding hydrogens is 340 g/mol. The molecule has 4 rings (SSSR count). The number of nitrogens with two attached hydrogens (primary N) is 1. The van der Waals surface area contributed by atoms with E-state index < -0.39 is 0 Å². The van der Waals surface area contributed by atoms with E-state index in [9.17, 15) is 0 Å². The Morgan fingerprint density at radius 3 is 2.37 bits per heavy atom. The monoisotopic (exact) mass is 362 g/mol. The fraction of sp³-hybridized carbons (Fsp3) is 0.263. The summed E-state index contributed by atoms with van der Waals surface area (Å²) in [5.41, 5.74) is 7.94. The topological polar surface area (TPSA) is 96.1 Å². The van der Waals surface area contributed by atoms with E-state index >= 15 is 0 Å². The van der Waals surface area contributed by atoms with Crippen molar-refractivity contribution in [3.63, 3.8) is 0 Å². The third-order valence-corrected chi connectivity index (χ3v) is 4.66. The van der Waals surface area contributed by atoms with Crippen molar-refractivity contribution in [3.8, 4) is 0 Å². The molecule has 0 saturated carbocycles. The van der Waals surface area contributed by atoms with Crippen LogP contribution in [-0.2, 0) is 0 Å². The lowest BCUT2D eigenvalue weighted by molar-refractivity contribution is 0.642. The molecule has 8 heteroatoms. The normalized spacial score (nSPS) is 14.3. The number of nitrogens with one attached hydrogen (secondary N) is 1. The minimum Gasteiger partial charge on any atom is -0.393 e. The van der Waals surface area contributed by atoms with Crippen molar-refractivity contribution in [1.82, 2.24) is 19.9 Å². The highest BCUT2D eigenvalue weighted by molar-refractivity contribution is 5.78. The first-order valence-corrected chi connectivity index (χ1v) is 8.92. The van der Waals surface area contributed by atoms with Crippen molar-refractivity contribution in [1.29, 1.82) is 0 Å². The molecule has 0 radical (unpaired) electrons. The average Bonchev–Trinajstić information content (AvgIpc) is 2.72. The molecule has 1 aliphatic heterocycles. The Hall–Kier alpha value is -3.42. The van der Waals surface area contributed by atoms with E-state index in [1.165, 1.54) is 6.33 Å². The molecule has 8 nitrogen and oxygen atoms in total. The Kier molecular flexibility index (Phi) is 4.69. The summed E-state index contributed by atoms with van der Waals surface area (Å²) < 4.78 is 0. The molecule has 0 bridgehead atoms. The Balaban J connectivity index is 1.49. The zero-order chi connectivity index (χ0) is 18.6. The molecule has 1 saturated heterocycles. The summed E-state index contributed by atoms with van der Waals surface area (Å²) >= 11 is 0. The molecular formula is C19H22N8. The van der Waals surface area contributed by atoms with Crippen molar-refractivity contribution in [2.45, 2.75) is 6.92 Å². The minimum atomic E-state index is 0.536. The van der Waals surface area contributed by atoms with Gasteiger partial charge in [-0.1, -0.05) is 12.1 Å². The number of aromatic nitrogens is 4. The van der Waals surface area contributed by atoms with E-state index in [2.05, 4.69) is 35.1 Å². The summed E-state index contributed by atoms with van der Waals surface area (Å²) in [6, 6.07) is 9.86. The van der Waals surface area contributed by atoms with Gasteiger partial charge in [0, 0.05) is 38.6 Å². The van der Waals surface area contributed by atoms with Crippen LogP contribution in [0.1, 0.15) is 5.56 Å². The quantitative estimate of drug-likeness (QED) is 0.729. The highest BCUT2D eigenvalue weighted by atomic mass is 15.3. The van der Waals surface area contributed by atoms with Crippen molar-refractivity contribution >= 4 is 29.0 Å². The molecule has 0 aromatic carbocycles. The Morgan fingerprint density at radius 2 is 1.63 bits per heavy atom. The second-order valence-electron chi connectivity index (χ2n) is 6.42. The van der Waals surface area contributed by atoms with Crippen LogP contribution in [-0.4, -0.2) is 46.1 Å². The lowest BCUT2D eigenvalue weighted by Gasteiger charge is -2.36. The second-order valence-corrected chi connectivity index (χ2v) is 6.42. The van der Waals surface area contributed by atoms with Gasteiger partial charge in [0.1, 0.15) is 23.7 Å². The number of rotatable bonds is 4. The number of nitrogens with zero attached hydrogens (tertiary/aromatic N) is 6. The Morgan fingerprint density at radius 1 is 0.852 bits per heavy atom. The predicted octanol–water partition coefficient (Wildman–Crippen LogP) is 2.23. The van der Waals surface area contributed by atoms with Gasteiger partial charge < -0.3 is 20.9 Å². The second kappa shape index (κ2) is 7.45. The summed E-state index contributed by atoms with van der Waals surface area (Å²) in [4.78, 5) is 21.9. The van der Waals surface area contributed by atoms with E-state index in [1.54, 1.807) is 6.20 Å². The number of piperazine rings is 1. The fourth-order valence-electron chi connectivity index (χ4n) is 3.15. The van der Waals surface area contributed by atoms with Crippen molar-refractivity contribution in [2.75, 3.05) is 47.0 Å². The van der Waals surface area contributed by atoms with Crippen LogP contribution in [0.2, 0.25) is 0 Å². The first-order valence-electron chi connectivity index (χ1n) is 8.92. The van der Waals surface area contributed by atoms with Crippen LogP contribution < -0.4 is 20.9 Å². The molecule has 3 N–H and O–H groups in total. The van der Waals surface area contributed by atoms with Crippen LogP contribution >= 0.6 is 0 Å². The van der Waals surface area contributed by atoms with Crippen LogP contribution in [0.3, 0.4) is 0 Å². The first-order chi connectivity index (χ1) is 13.2. The molecule has 3 aromatic rings. The molecule has 0 aliphatic carbocycles. The zero-order valence-electron chi connectivity index (χ0n) is 15.2. The van der Waals surface area contributed by atoms with Crippen LogP contribution in [0.4, 0.5) is 29.0 Å². The minimum absolute atomic E-state index is 0.536. The molecule has 0 unspecified atom stereocenters. The smallest absolute Gasteiger partial charge is 0.160 e. The van der Waals surface area contributed by atoms with E-state index in [-0.39, 0.29) is 0 Å². The van der Waals surface area contributed by atoms with Gasteiger partial charge in [0.2, 0.25) is 0 Å². The maximum absolute atomic E-state index is 6.37. The lowest BCUT2D eigenvalue weighted by Crippen LogP contribution is -2.47. The average molecular weight is 362 g/mol. The first kappa shape index (κ1) is 17.0. The van der Waals surface area contributed by atoms with Gasteiger partial charge in [0.05, 0.1) is 0 Å². The molecule has 0 spiro atoms. The molecule has 3 aromatic heterocycles. The van der Waals surface area contributed by atoms with Gasteiger partial charge in [-0.2, -0.15) is 0 Å². The predicted molar refractivity (Wildman–Crippen MR) is 107 cm³/mol. The van der Waals surface area contributed by atoms with Gasteiger partial charge in [-0.3, -0.25) is 0 Å². The fourth-order valence-corrected chi connectivity index (χ4v) is 3.15. The van der Waals surface area contributed by atoms with Gasteiger partial charge in [-0.25, -0.2) is 19.9 Å². The van der Waals surface area contributed by atoms with Gasteiger partial charge in [-0.05, 0) is 30.7 Å². The summed E-state index contributed by atoms with van der Waals surface area (Å²) in [7, 11) is 0. The summed E-state index contributed by atoms with van der Waals surface area (Å²) in [5.74, 6) is 3.07. The van der Waals surface area contributed by atoms with Gasteiger partial charge in [0.25, 0.3) is 0 Å². The summed E-state index contributed by atoms with van der Waals surface area (Å²) in [6.07, 6.45) is 5.10. The summed E-state index contributed by atoms with van der Waals surface area (Å²) in [5, 5.41) is 3.22. The number of nitrogen functional groups attached to an aromatic ring is 1. The number of hydrogen-bond donors (Lipinski definition) is 2. The SMILES string of the molecule is Cc1cccnc1Nc1ncnc(N2CCN(c3ccccn3)CC2)c1N. The number of hydrogen-bond acceptors (Lipinski definition) is 8. The van der Waals surface area contributed by atoms with Crippen molar-refractivity contribution in [2.24, 2.45) is 0 Å². The highest BCUT2D eigenvalue weighted by Crippen LogP contribution is 2.29. The Labute approximate surface area is 158 Å². The Bertz CT molecular complexity index is 907. The molecule has 138 valence electrons. The highest BCUT2D eigenvalue weighted by Gasteiger charge is 2.22. The maximum Gasteiger partial charge on any atom is 0.160 e. The van der Waals surface area contributed by atoms with Gasteiger partial charge in [0.15, 0.2) is 11.6 Å². The van der Waals surface area contributed by atoms with Gasteiger partial charge >= 0.3 is 0 Å². The van der Waals surface area contributed by atoms with E-state index in [0.717, 1.165) is 49.2 Å². The van der Waals surface area contributed by atoms with Crippen molar-refractivity contribution in [3.05, 3.63) is 54.6 Å². The lowest BCUT2D eigenvalue weighted by atomic mass is 10.2. The largest absolute Gasteiger partial charge is 0.393 e. The molecule has 0 atom stereocenters. The molecule has 0 amide bonds. The molecule has 4 heterocycles. The molecule has 1 fully saturated rings. The standard InChI is InChI=1S/C19H22N8/c1-14-5-4-8-22-17(14)25-18-16(20)19(24-13-23-18)27-11-9-26(10-12-27)15-6-2-3-7-21-15/h2-8,13H,9-12,20H2,1H3,(H,22,23,24,25). The van der Waals surface area contributed by atoms with E-state index in [0.29, 0.717) is 11.5 Å². The van der Waals surface area contributed by atoms with Crippen LogP contribution in [0.5, 0.6) is 0 Å². The van der Waals surface area contributed by atoms with Crippen LogP contribution in [0, 0.1) is 6.92 Å². The third-order valence-electron chi connectivity index (χ3n) is 4.66. The molecule has 1 aliphatic rings. The zero-order valence-corrected chi connectivity index (χ0v) is 15.2. The van der Waals surface area contributed by atoms with Crippen LogP contribution in [0.25, 0.3) is 0 Å². The van der Waals surface area contributed by atoms with Gasteiger partial charge in [-0.15, -0.1) is 0 Å². The number of pyridine rings is 2. The van der Waals surface area contributed by atoms with E-state index in [4.69, 9.17) is 5.73 Å². The number of anilines is 5. The molecule has 27 heavy (non-hydrogen) atoms. The number of aryl methyl sites for hydroxylation is 1. The van der Waals surface area contributed by atoms with E-state index in [1.807, 2.05) is 43.5 Å². The third kappa shape index (κ3) is 3.59. The summed E-state index contributed by atoms with van der Waals surface area (Å²) in [6.45, 7) is 5.36.